The molecule has 1 aromatic heterocycles. The summed E-state index contributed by atoms with van der Waals surface area (Å²) in [6, 6.07) is 2.17. The maximum atomic E-state index is 2.30. The average Bonchev–Trinajstić information content (AvgIpc) is 2.35. The molecule has 0 aromatic carbocycles. The molecule has 0 bridgehead atoms. The van der Waals surface area contributed by atoms with Crippen molar-refractivity contribution in [3.8, 4) is 0 Å². The molecule has 3 nitrogen and oxygen atoms in total. The Balaban J connectivity index is 2.46. The molecule has 0 unspecified atom stereocenters. The van der Waals surface area contributed by atoms with Crippen LogP contribution in [0.4, 0.5) is 5.82 Å². The van der Waals surface area contributed by atoms with Crippen LogP contribution in [0.2, 0.25) is 0 Å². The van der Waals surface area contributed by atoms with Gasteiger partial charge in [-0.3, -0.25) is 0 Å². The minimum atomic E-state index is 1.16. The summed E-state index contributed by atoms with van der Waals surface area (Å²) in [5, 5.41) is 0. The highest BCUT2D eigenvalue weighted by molar-refractivity contribution is 5.36. The molecule has 3 heteroatoms. The standard InChI is InChI=1S/C8H14N3/c1-9-5-3-6-11-8(9)4-7-10(11)2/h4,7H,3,5-6H2,1-2H3/q+1. The summed E-state index contributed by atoms with van der Waals surface area (Å²) in [5.74, 6) is 1.33. The SMILES string of the molecule is CN1CCCn2c1cc[n+]2C. The highest BCUT2D eigenvalue weighted by atomic mass is 15.4. The largest absolute Gasteiger partial charge is 0.357 e. The van der Waals surface area contributed by atoms with Gasteiger partial charge in [0.2, 0.25) is 0 Å². The molecule has 2 heterocycles. The Kier molecular flexibility index (Phi) is 1.37. The van der Waals surface area contributed by atoms with Gasteiger partial charge < -0.3 is 4.90 Å². The van der Waals surface area contributed by atoms with E-state index in [1.54, 1.807) is 0 Å². The Morgan fingerprint density at radius 3 is 3.00 bits per heavy atom. The highest BCUT2D eigenvalue weighted by Crippen LogP contribution is 2.15. The van der Waals surface area contributed by atoms with Crippen LogP contribution in [-0.2, 0) is 13.6 Å². The van der Waals surface area contributed by atoms with Gasteiger partial charge in [-0.25, -0.2) is 0 Å². The number of aryl methyl sites for hydroxylation is 1. The lowest BCUT2D eigenvalue weighted by molar-refractivity contribution is -0.753. The number of anilines is 1. The first-order valence-corrected chi connectivity index (χ1v) is 4.05. The summed E-state index contributed by atoms with van der Waals surface area (Å²) in [6.07, 6.45) is 3.36. The second-order valence-electron chi connectivity index (χ2n) is 3.15. The summed E-state index contributed by atoms with van der Waals surface area (Å²) < 4.78 is 4.44. The molecule has 0 fully saturated rings. The Bertz CT molecular complexity index is 264. The monoisotopic (exact) mass is 152 g/mol. The first-order valence-electron chi connectivity index (χ1n) is 4.05. The van der Waals surface area contributed by atoms with E-state index in [1.807, 2.05) is 0 Å². The fourth-order valence-electron chi connectivity index (χ4n) is 1.67. The van der Waals surface area contributed by atoms with E-state index >= 15 is 0 Å². The quantitative estimate of drug-likeness (QED) is 0.482. The van der Waals surface area contributed by atoms with Gasteiger partial charge in [0.15, 0.2) is 19.1 Å². The molecule has 0 amide bonds. The van der Waals surface area contributed by atoms with E-state index in [2.05, 4.69) is 40.6 Å². The third-order valence-corrected chi connectivity index (χ3v) is 2.34. The fourth-order valence-corrected chi connectivity index (χ4v) is 1.67. The van der Waals surface area contributed by atoms with Crippen molar-refractivity contribution in [3.63, 3.8) is 0 Å². The van der Waals surface area contributed by atoms with Crippen LogP contribution in [0.5, 0.6) is 0 Å². The van der Waals surface area contributed by atoms with Crippen molar-refractivity contribution in [2.45, 2.75) is 13.0 Å². The third kappa shape index (κ3) is 0.914. The van der Waals surface area contributed by atoms with E-state index in [-0.39, 0.29) is 0 Å². The second kappa shape index (κ2) is 2.26. The van der Waals surface area contributed by atoms with Gasteiger partial charge in [0.05, 0.1) is 12.6 Å². The molecule has 60 valence electrons. The molecule has 0 atom stereocenters. The van der Waals surface area contributed by atoms with E-state index in [1.165, 1.54) is 18.8 Å². The molecular formula is C8H14N3+. The Morgan fingerprint density at radius 2 is 2.27 bits per heavy atom. The molecule has 0 N–H and O–H groups in total. The molecular weight excluding hydrogens is 138 g/mol. The number of hydrogen-bond acceptors (Lipinski definition) is 1. The van der Waals surface area contributed by atoms with E-state index in [0.29, 0.717) is 0 Å². The number of aromatic nitrogens is 2. The van der Waals surface area contributed by atoms with E-state index in [0.717, 1.165) is 6.54 Å². The van der Waals surface area contributed by atoms with Crippen molar-refractivity contribution in [2.24, 2.45) is 7.05 Å². The Morgan fingerprint density at radius 1 is 1.45 bits per heavy atom. The molecule has 0 saturated carbocycles. The summed E-state index contributed by atoms with van der Waals surface area (Å²) in [7, 11) is 4.23. The van der Waals surface area contributed by atoms with Gasteiger partial charge in [-0.15, -0.1) is 9.36 Å². The molecule has 0 aliphatic carbocycles. The minimum absolute atomic E-state index is 1.16. The van der Waals surface area contributed by atoms with Gasteiger partial charge in [0.25, 0.3) is 0 Å². The smallest absolute Gasteiger partial charge is 0.197 e. The average molecular weight is 152 g/mol. The molecule has 0 spiro atoms. The predicted octanol–water partition coefficient (Wildman–Crippen LogP) is 0.152. The molecule has 2 rings (SSSR count). The number of hydrogen-bond donors (Lipinski definition) is 0. The van der Waals surface area contributed by atoms with Crippen molar-refractivity contribution in [2.75, 3.05) is 18.5 Å². The first kappa shape index (κ1) is 6.70. The molecule has 1 aliphatic rings. The van der Waals surface area contributed by atoms with Crippen molar-refractivity contribution >= 4 is 5.82 Å². The van der Waals surface area contributed by atoms with Crippen LogP contribution in [0.15, 0.2) is 12.3 Å². The van der Waals surface area contributed by atoms with E-state index < -0.39 is 0 Å². The maximum Gasteiger partial charge on any atom is 0.197 e. The Labute approximate surface area is 66.8 Å². The second-order valence-corrected chi connectivity index (χ2v) is 3.15. The van der Waals surface area contributed by atoms with Gasteiger partial charge in [0.1, 0.15) is 0 Å². The van der Waals surface area contributed by atoms with Gasteiger partial charge in [0, 0.05) is 13.6 Å². The Hall–Kier alpha value is -0.990. The zero-order valence-corrected chi connectivity index (χ0v) is 7.12. The maximum absolute atomic E-state index is 2.30. The van der Waals surface area contributed by atoms with Crippen molar-refractivity contribution in [3.05, 3.63) is 12.3 Å². The van der Waals surface area contributed by atoms with Crippen LogP contribution in [-0.4, -0.2) is 18.3 Å². The van der Waals surface area contributed by atoms with Gasteiger partial charge in [-0.2, -0.15) is 0 Å². The number of rotatable bonds is 0. The van der Waals surface area contributed by atoms with Crippen LogP contribution in [0.1, 0.15) is 6.42 Å². The van der Waals surface area contributed by atoms with Gasteiger partial charge in [-0.1, -0.05) is 0 Å². The van der Waals surface area contributed by atoms with E-state index in [4.69, 9.17) is 0 Å². The molecule has 11 heavy (non-hydrogen) atoms. The van der Waals surface area contributed by atoms with Crippen LogP contribution >= 0.6 is 0 Å². The van der Waals surface area contributed by atoms with Crippen LogP contribution in [0.25, 0.3) is 0 Å². The minimum Gasteiger partial charge on any atom is -0.357 e. The number of nitrogens with zero attached hydrogens (tertiary/aromatic N) is 3. The van der Waals surface area contributed by atoms with Crippen LogP contribution < -0.4 is 9.58 Å². The third-order valence-electron chi connectivity index (χ3n) is 2.34. The summed E-state index contributed by atoms with van der Waals surface area (Å²) in [5.41, 5.74) is 0. The van der Waals surface area contributed by atoms with Gasteiger partial charge >= 0.3 is 0 Å². The lowest BCUT2D eigenvalue weighted by atomic mass is 10.3. The topological polar surface area (TPSA) is 12.1 Å². The summed E-state index contributed by atoms with van der Waals surface area (Å²) in [6.45, 7) is 2.34. The first-order chi connectivity index (χ1) is 5.29. The lowest BCUT2D eigenvalue weighted by Crippen LogP contribution is -2.43. The fraction of sp³-hybridized carbons (Fsp3) is 0.625. The van der Waals surface area contributed by atoms with Crippen molar-refractivity contribution in [1.29, 1.82) is 0 Å². The van der Waals surface area contributed by atoms with Crippen LogP contribution in [0, 0.1) is 0 Å². The van der Waals surface area contributed by atoms with E-state index in [9.17, 15) is 0 Å². The summed E-state index contributed by atoms with van der Waals surface area (Å²) >= 11 is 0. The summed E-state index contributed by atoms with van der Waals surface area (Å²) in [4.78, 5) is 2.30. The normalized spacial score (nSPS) is 16.7. The predicted molar refractivity (Wildman–Crippen MR) is 43.5 cm³/mol. The van der Waals surface area contributed by atoms with Gasteiger partial charge in [-0.05, 0) is 6.42 Å². The number of fused-ring (bicyclic) bond motifs is 1. The zero-order chi connectivity index (χ0) is 7.84. The van der Waals surface area contributed by atoms with Crippen molar-refractivity contribution < 1.29 is 4.68 Å². The highest BCUT2D eigenvalue weighted by Gasteiger charge is 2.18. The van der Waals surface area contributed by atoms with Crippen LogP contribution in [0.3, 0.4) is 0 Å². The molecule has 0 radical (unpaired) electrons. The molecule has 1 aromatic rings. The zero-order valence-electron chi connectivity index (χ0n) is 7.12. The van der Waals surface area contributed by atoms with Crippen molar-refractivity contribution in [1.82, 2.24) is 4.68 Å². The molecule has 1 aliphatic heterocycles. The molecule has 0 saturated heterocycles. The lowest BCUT2D eigenvalue weighted by Gasteiger charge is -2.23.